The smallest absolute Gasteiger partial charge is 0.0800 e. The topological polar surface area (TPSA) is 3.24 Å². The van der Waals surface area contributed by atoms with Gasteiger partial charge in [0.05, 0.1) is 11.7 Å². The zero-order valence-corrected chi connectivity index (χ0v) is 33.4. The fourth-order valence-corrected chi connectivity index (χ4v) is 12.0. The number of rotatable bonds is 3. The van der Waals surface area contributed by atoms with E-state index < -0.39 is 0 Å². The Balaban J connectivity index is 1.19. The summed E-state index contributed by atoms with van der Waals surface area (Å²) in [6, 6.07) is 30.7. The molecule has 0 amide bonds. The first kappa shape index (κ1) is 33.0. The van der Waals surface area contributed by atoms with Gasteiger partial charge in [-0.1, -0.05) is 133 Å². The number of anilines is 2. The van der Waals surface area contributed by atoms with Gasteiger partial charge in [-0.3, -0.25) is 0 Å². The average Bonchev–Trinajstić information content (AvgIpc) is 3.68. The van der Waals surface area contributed by atoms with E-state index in [1.54, 1.807) is 5.57 Å². The maximum atomic E-state index is 4.79. The Labute approximate surface area is 335 Å². The number of hydrogen-bond donors (Lipinski definition) is 0. The second kappa shape index (κ2) is 11.7. The Morgan fingerprint density at radius 1 is 0.649 bits per heavy atom. The van der Waals surface area contributed by atoms with Gasteiger partial charge >= 0.3 is 0 Å². The van der Waals surface area contributed by atoms with Crippen LogP contribution < -0.4 is 4.90 Å². The molecule has 6 aliphatic rings. The second-order valence-electron chi connectivity index (χ2n) is 17.6. The lowest BCUT2D eigenvalue weighted by atomic mass is 9.77. The van der Waals surface area contributed by atoms with Crippen LogP contribution in [0.25, 0.3) is 60.6 Å². The van der Waals surface area contributed by atoms with E-state index in [2.05, 4.69) is 173 Å². The van der Waals surface area contributed by atoms with Crippen LogP contribution in [-0.2, 0) is 6.42 Å². The molecule has 0 aliphatic heterocycles. The predicted molar refractivity (Wildman–Crippen MR) is 243 cm³/mol. The van der Waals surface area contributed by atoms with Crippen molar-refractivity contribution in [3.05, 3.63) is 195 Å². The molecule has 6 aromatic rings. The third-order valence-corrected chi connectivity index (χ3v) is 14.1. The highest BCUT2D eigenvalue weighted by Gasteiger charge is 2.45. The lowest BCUT2D eigenvalue weighted by Gasteiger charge is -2.41. The van der Waals surface area contributed by atoms with Gasteiger partial charge in [0.15, 0.2) is 0 Å². The SMILES string of the molecule is C=C1C=C(C)C=C(C)C1N(c1cc2c(ccc3cc4c(cc32)-c2cccc3cccc-4c23)c2c1C=C1C3=CC=CC4C=CC=C(C1C2)C34)c1c(C)cc(C)cc1C. The Morgan fingerprint density at radius 2 is 1.39 bits per heavy atom. The van der Waals surface area contributed by atoms with Crippen molar-refractivity contribution >= 4 is 49.8 Å². The number of hydrogen-bond acceptors (Lipinski definition) is 1. The zero-order chi connectivity index (χ0) is 38.4. The monoisotopic (exact) mass is 731 g/mol. The molecule has 274 valence electrons. The molecule has 0 heterocycles. The Bertz CT molecular complexity index is 3100. The van der Waals surface area contributed by atoms with Crippen molar-refractivity contribution in [1.82, 2.24) is 0 Å². The lowest BCUT2D eigenvalue weighted by molar-refractivity contribution is 0.589. The van der Waals surface area contributed by atoms with Crippen LogP contribution in [0.2, 0.25) is 0 Å². The van der Waals surface area contributed by atoms with E-state index in [4.69, 9.17) is 6.58 Å². The van der Waals surface area contributed by atoms with Crippen molar-refractivity contribution in [2.75, 3.05) is 4.90 Å². The third-order valence-electron chi connectivity index (χ3n) is 14.1. The first-order valence-corrected chi connectivity index (χ1v) is 20.7. The van der Waals surface area contributed by atoms with Gasteiger partial charge < -0.3 is 4.90 Å². The highest BCUT2D eigenvalue weighted by atomic mass is 15.2. The van der Waals surface area contributed by atoms with Gasteiger partial charge in [-0.15, -0.1) is 0 Å². The number of nitrogens with zero attached hydrogens (tertiary/aromatic N) is 1. The maximum absolute atomic E-state index is 4.79. The molecule has 4 atom stereocenters. The van der Waals surface area contributed by atoms with Crippen LogP contribution in [0.4, 0.5) is 11.4 Å². The van der Waals surface area contributed by atoms with Crippen LogP contribution in [0.3, 0.4) is 0 Å². The molecule has 0 aromatic heterocycles. The van der Waals surface area contributed by atoms with E-state index in [-0.39, 0.29) is 6.04 Å². The minimum Gasteiger partial charge on any atom is -0.329 e. The number of allylic oxidation sites excluding steroid dienone is 11. The van der Waals surface area contributed by atoms with Gasteiger partial charge in [-0.2, -0.15) is 0 Å². The van der Waals surface area contributed by atoms with Gasteiger partial charge in [0.1, 0.15) is 0 Å². The molecule has 4 unspecified atom stereocenters. The quantitative estimate of drug-likeness (QED) is 0.164. The minimum absolute atomic E-state index is 0.0166. The summed E-state index contributed by atoms with van der Waals surface area (Å²) in [7, 11) is 0. The zero-order valence-electron chi connectivity index (χ0n) is 33.4. The fraction of sp³-hybridized carbons (Fsp3) is 0.179. The van der Waals surface area contributed by atoms with E-state index in [0.717, 1.165) is 12.0 Å². The molecular formula is C56H45N. The molecule has 6 aliphatic carbocycles. The molecule has 0 radical (unpaired) electrons. The van der Waals surface area contributed by atoms with E-state index in [9.17, 15) is 0 Å². The normalized spacial score (nSPS) is 22.1. The van der Waals surface area contributed by atoms with Crippen LogP contribution in [0, 0.1) is 38.5 Å². The molecule has 0 saturated heterocycles. The van der Waals surface area contributed by atoms with Crippen LogP contribution >= 0.6 is 0 Å². The molecule has 1 fully saturated rings. The van der Waals surface area contributed by atoms with E-state index >= 15 is 0 Å². The summed E-state index contributed by atoms with van der Waals surface area (Å²) < 4.78 is 0. The summed E-state index contributed by atoms with van der Waals surface area (Å²) in [5, 5.41) is 8.01. The number of aryl methyl sites for hydroxylation is 3. The van der Waals surface area contributed by atoms with Crippen molar-refractivity contribution in [2.24, 2.45) is 17.8 Å². The summed E-state index contributed by atoms with van der Waals surface area (Å²) in [4.78, 5) is 2.68. The van der Waals surface area contributed by atoms with Gasteiger partial charge in [-0.25, -0.2) is 0 Å². The first-order chi connectivity index (χ1) is 27.7. The van der Waals surface area contributed by atoms with Crippen LogP contribution in [-0.4, -0.2) is 6.04 Å². The van der Waals surface area contributed by atoms with Crippen LogP contribution in [0.15, 0.2) is 167 Å². The molecule has 1 heteroatoms. The summed E-state index contributed by atoms with van der Waals surface area (Å²) in [6.45, 7) is 16.1. The molecule has 6 aromatic carbocycles. The van der Waals surface area contributed by atoms with Crippen molar-refractivity contribution in [3.63, 3.8) is 0 Å². The second-order valence-corrected chi connectivity index (χ2v) is 17.6. The van der Waals surface area contributed by atoms with Crippen molar-refractivity contribution in [3.8, 4) is 22.3 Å². The highest BCUT2D eigenvalue weighted by molar-refractivity contribution is 6.20. The Kier molecular flexibility index (Phi) is 6.76. The molecule has 1 nitrogen and oxygen atoms in total. The molecule has 12 rings (SSSR count). The number of fused-ring (bicyclic) bond motifs is 11. The highest BCUT2D eigenvalue weighted by Crippen LogP contribution is 2.58. The summed E-state index contributed by atoms with van der Waals surface area (Å²) in [5.41, 5.74) is 22.9. The largest absolute Gasteiger partial charge is 0.329 e. The van der Waals surface area contributed by atoms with Crippen LogP contribution in [0.5, 0.6) is 0 Å². The van der Waals surface area contributed by atoms with E-state index in [1.165, 1.54) is 116 Å². The summed E-state index contributed by atoms with van der Waals surface area (Å²) in [6.07, 6.45) is 22.5. The van der Waals surface area contributed by atoms with Gasteiger partial charge in [-0.05, 0) is 159 Å². The first-order valence-electron chi connectivity index (χ1n) is 20.7. The van der Waals surface area contributed by atoms with E-state index in [0.29, 0.717) is 17.8 Å². The van der Waals surface area contributed by atoms with Gasteiger partial charge in [0.2, 0.25) is 0 Å². The molecular weight excluding hydrogens is 687 g/mol. The van der Waals surface area contributed by atoms with Crippen molar-refractivity contribution in [2.45, 2.75) is 47.1 Å². The molecule has 0 bridgehead atoms. The van der Waals surface area contributed by atoms with E-state index in [1.807, 2.05) is 0 Å². The van der Waals surface area contributed by atoms with Crippen LogP contribution in [0.1, 0.15) is 41.7 Å². The summed E-state index contributed by atoms with van der Waals surface area (Å²) >= 11 is 0. The molecule has 1 saturated carbocycles. The standard InChI is InChI=1S/C56H45N/c1-30-21-32(3)55(33(4)22-30)57(56-34(5)23-31(2)24-35(56)6)52-29-50-39(46-27-48-42-17-9-13-37-14-10-18-43(54(37)42)49(48)28-51(46)52)20-19-38-25-45-40-15-7-11-36-12-8-16-41(53(36)40)47(45)26-44(38)50/h7-26,28-29,37,48,54-55H,3,27H2,1-2,4-6H3. The number of benzene rings is 6. The predicted octanol–water partition coefficient (Wildman–Crippen LogP) is 14.5. The Hall–Kier alpha value is -6.18. The maximum Gasteiger partial charge on any atom is 0.0800 e. The summed E-state index contributed by atoms with van der Waals surface area (Å²) in [5.74, 6) is 1.23. The molecule has 0 spiro atoms. The fourth-order valence-electron chi connectivity index (χ4n) is 12.0. The van der Waals surface area contributed by atoms with Gasteiger partial charge in [0, 0.05) is 29.0 Å². The van der Waals surface area contributed by atoms with Crippen molar-refractivity contribution < 1.29 is 0 Å². The minimum atomic E-state index is -0.0166. The average molecular weight is 732 g/mol. The third kappa shape index (κ3) is 4.52. The lowest BCUT2D eigenvalue weighted by Crippen LogP contribution is -2.36. The molecule has 57 heavy (non-hydrogen) atoms. The Morgan fingerprint density at radius 3 is 2.14 bits per heavy atom. The van der Waals surface area contributed by atoms with Crippen molar-refractivity contribution in [1.29, 1.82) is 0 Å². The van der Waals surface area contributed by atoms with Gasteiger partial charge in [0.25, 0.3) is 0 Å². The molecule has 0 N–H and O–H groups in total.